The number of aromatic nitrogens is 3. The van der Waals surface area contributed by atoms with Gasteiger partial charge in [0.2, 0.25) is 0 Å². The van der Waals surface area contributed by atoms with Crippen LogP contribution in [0.15, 0.2) is 66.7 Å². The SMILES string of the molecule is CCCCCCCCCC(CCCCCCC)COC(=O)c1ccc(-c2nc(-c3ccccc3O)nc(-c3ccc(OC)cc3O)n2)cc1. The number of phenolic OH excluding ortho intramolecular Hbond substituents is 2. The summed E-state index contributed by atoms with van der Waals surface area (Å²) in [5, 5.41) is 21.3. The minimum atomic E-state index is -0.337. The standard InChI is InChI=1S/C41H53N3O5/c1-4-6-8-10-11-13-15-19-30(18-14-12-9-7-5-2)29-49-41(47)32-24-22-31(23-25-32)38-42-39(34-20-16-17-21-36(34)45)44-40(43-38)35-27-26-33(48-3)28-37(35)46/h16-17,20-28,30,45-46H,4-15,18-19,29H2,1-3H3. The van der Waals surface area contributed by atoms with Gasteiger partial charge in [-0.2, -0.15) is 0 Å². The van der Waals surface area contributed by atoms with Crippen molar-refractivity contribution in [2.45, 2.75) is 104 Å². The minimum absolute atomic E-state index is 0.0221. The van der Waals surface area contributed by atoms with E-state index in [9.17, 15) is 15.0 Å². The molecule has 0 aliphatic carbocycles. The fourth-order valence-electron chi connectivity index (χ4n) is 6.01. The summed E-state index contributed by atoms with van der Waals surface area (Å²) in [5.41, 5.74) is 1.92. The monoisotopic (exact) mass is 667 g/mol. The second kappa shape index (κ2) is 20.1. The molecule has 1 heterocycles. The first-order valence-electron chi connectivity index (χ1n) is 18.1. The molecule has 0 bridgehead atoms. The number of rotatable bonds is 21. The van der Waals surface area contributed by atoms with Gasteiger partial charge in [0.15, 0.2) is 17.5 Å². The van der Waals surface area contributed by atoms with E-state index in [0.717, 1.165) is 12.8 Å². The summed E-state index contributed by atoms with van der Waals surface area (Å²) in [5.74, 6) is 1.32. The van der Waals surface area contributed by atoms with Crippen LogP contribution in [0.4, 0.5) is 0 Å². The zero-order valence-electron chi connectivity index (χ0n) is 29.5. The third-order valence-electron chi connectivity index (χ3n) is 8.99. The van der Waals surface area contributed by atoms with Crippen LogP contribution in [0.1, 0.15) is 114 Å². The lowest BCUT2D eigenvalue weighted by atomic mass is 9.95. The number of nitrogens with zero attached hydrogens (tertiary/aromatic N) is 3. The third-order valence-corrected chi connectivity index (χ3v) is 8.99. The lowest BCUT2D eigenvalue weighted by Crippen LogP contribution is -2.15. The van der Waals surface area contributed by atoms with Crippen LogP contribution in [-0.2, 0) is 4.74 Å². The van der Waals surface area contributed by atoms with E-state index < -0.39 is 0 Å². The lowest BCUT2D eigenvalue weighted by molar-refractivity contribution is 0.0422. The van der Waals surface area contributed by atoms with Crippen molar-refractivity contribution >= 4 is 5.97 Å². The van der Waals surface area contributed by atoms with Crippen molar-refractivity contribution in [2.75, 3.05) is 13.7 Å². The van der Waals surface area contributed by atoms with Gasteiger partial charge in [-0.05, 0) is 55.2 Å². The number of carbonyl (C=O) groups is 1. The number of carbonyl (C=O) groups excluding carboxylic acids is 1. The van der Waals surface area contributed by atoms with Crippen LogP contribution in [0.3, 0.4) is 0 Å². The average molecular weight is 668 g/mol. The maximum atomic E-state index is 13.2. The summed E-state index contributed by atoms with van der Waals surface area (Å²) >= 11 is 0. The third kappa shape index (κ3) is 11.6. The number of para-hydroxylation sites is 1. The molecule has 49 heavy (non-hydrogen) atoms. The summed E-state index contributed by atoms with van der Waals surface area (Å²) < 4.78 is 11.1. The smallest absolute Gasteiger partial charge is 0.338 e. The first kappa shape index (κ1) is 37.4. The molecule has 1 aromatic heterocycles. The summed E-state index contributed by atoms with van der Waals surface area (Å²) in [7, 11) is 1.52. The van der Waals surface area contributed by atoms with Gasteiger partial charge in [-0.1, -0.05) is 115 Å². The van der Waals surface area contributed by atoms with Gasteiger partial charge in [0, 0.05) is 11.6 Å². The van der Waals surface area contributed by atoms with Crippen LogP contribution in [0.2, 0.25) is 0 Å². The number of phenols is 2. The molecule has 2 N–H and O–H groups in total. The largest absolute Gasteiger partial charge is 0.507 e. The highest BCUT2D eigenvalue weighted by molar-refractivity contribution is 5.90. The Hall–Kier alpha value is -4.46. The first-order valence-corrected chi connectivity index (χ1v) is 18.1. The van der Waals surface area contributed by atoms with E-state index in [1.807, 2.05) is 0 Å². The van der Waals surface area contributed by atoms with Crippen molar-refractivity contribution < 1.29 is 24.5 Å². The van der Waals surface area contributed by atoms with Gasteiger partial charge < -0.3 is 19.7 Å². The minimum Gasteiger partial charge on any atom is -0.507 e. The molecule has 0 spiro atoms. The molecule has 0 fully saturated rings. The Kier molecular flexibility index (Phi) is 15.4. The van der Waals surface area contributed by atoms with Crippen LogP contribution >= 0.6 is 0 Å². The molecule has 0 aliphatic heterocycles. The number of esters is 1. The summed E-state index contributed by atoms with van der Waals surface area (Å²) in [4.78, 5) is 27.1. The van der Waals surface area contributed by atoms with E-state index in [1.54, 1.807) is 60.7 Å². The quantitative estimate of drug-likeness (QED) is 0.0666. The second-order valence-corrected chi connectivity index (χ2v) is 12.9. The zero-order valence-corrected chi connectivity index (χ0v) is 29.5. The molecular weight excluding hydrogens is 614 g/mol. The maximum Gasteiger partial charge on any atom is 0.338 e. The molecule has 8 nitrogen and oxygen atoms in total. The van der Waals surface area contributed by atoms with Crippen molar-refractivity contribution in [2.24, 2.45) is 5.92 Å². The first-order chi connectivity index (χ1) is 23.9. The molecule has 3 aromatic carbocycles. The Labute approximate surface area is 292 Å². The van der Waals surface area contributed by atoms with E-state index in [0.29, 0.717) is 46.4 Å². The van der Waals surface area contributed by atoms with Crippen LogP contribution in [0, 0.1) is 5.92 Å². The fraction of sp³-hybridized carbons (Fsp3) is 0.463. The molecule has 0 radical (unpaired) electrons. The number of benzene rings is 3. The van der Waals surface area contributed by atoms with Crippen LogP contribution < -0.4 is 4.74 Å². The van der Waals surface area contributed by atoms with E-state index >= 15 is 0 Å². The number of methoxy groups -OCH3 is 1. The molecule has 4 rings (SSSR count). The van der Waals surface area contributed by atoms with Gasteiger partial charge >= 0.3 is 5.97 Å². The molecule has 1 unspecified atom stereocenters. The van der Waals surface area contributed by atoms with Crippen molar-refractivity contribution in [3.05, 3.63) is 72.3 Å². The van der Waals surface area contributed by atoms with Gasteiger partial charge in [0.1, 0.15) is 17.2 Å². The predicted octanol–water partition coefficient (Wildman–Crippen LogP) is 10.6. The molecular formula is C41H53N3O5. The van der Waals surface area contributed by atoms with Gasteiger partial charge in [0.25, 0.3) is 0 Å². The summed E-state index contributed by atoms with van der Waals surface area (Å²) in [6, 6.07) is 18.7. The Bertz CT molecular complexity index is 1590. The van der Waals surface area contributed by atoms with Crippen LogP contribution in [0.25, 0.3) is 34.2 Å². The summed E-state index contributed by atoms with van der Waals surface area (Å²) in [6.07, 6.45) is 17.3. The Morgan fingerprint density at radius 3 is 1.78 bits per heavy atom. The Balaban J connectivity index is 1.47. The van der Waals surface area contributed by atoms with E-state index in [2.05, 4.69) is 28.8 Å². The van der Waals surface area contributed by atoms with E-state index in [1.165, 1.54) is 90.2 Å². The molecule has 0 saturated carbocycles. The molecule has 0 saturated heterocycles. The van der Waals surface area contributed by atoms with E-state index in [-0.39, 0.29) is 29.1 Å². The van der Waals surface area contributed by atoms with Crippen LogP contribution in [0.5, 0.6) is 17.2 Å². The second-order valence-electron chi connectivity index (χ2n) is 12.9. The van der Waals surface area contributed by atoms with Gasteiger partial charge in [-0.3, -0.25) is 0 Å². The predicted molar refractivity (Wildman–Crippen MR) is 196 cm³/mol. The number of aromatic hydroxyl groups is 2. The molecule has 1 atom stereocenters. The fourth-order valence-corrected chi connectivity index (χ4v) is 6.01. The summed E-state index contributed by atoms with van der Waals surface area (Å²) in [6.45, 7) is 4.92. The van der Waals surface area contributed by atoms with Crippen LogP contribution in [-0.4, -0.2) is 44.9 Å². The number of hydrogen-bond donors (Lipinski definition) is 2. The number of unbranched alkanes of at least 4 members (excludes halogenated alkanes) is 10. The van der Waals surface area contributed by atoms with E-state index in [4.69, 9.17) is 9.47 Å². The van der Waals surface area contributed by atoms with Gasteiger partial charge in [-0.15, -0.1) is 0 Å². The lowest BCUT2D eigenvalue weighted by Gasteiger charge is -2.17. The molecule has 4 aromatic rings. The molecule has 8 heteroatoms. The highest BCUT2D eigenvalue weighted by Crippen LogP contribution is 2.34. The van der Waals surface area contributed by atoms with Crippen molar-refractivity contribution in [1.29, 1.82) is 0 Å². The Morgan fingerprint density at radius 1 is 0.653 bits per heavy atom. The topological polar surface area (TPSA) is 115 Å². The number of hydrogen-bond acceptors (Lipinski definition) is 8. The van der Waals surface area contributed by atoms with Crippen molar-refractivity contribution in [3.8, 4) is 51.4 Å². The Morgan fingerprint density at radius 2 is 1.20 bits per heavy atom. The average Bonchev–Trinajstić information content (AvgIpc) is 3.12. The van der Waals surface area contributed by atoms with Crippen molar-refractivity contribution in [1.82, 2.24) is 15.0 Å². The molecule has 262 valence electrons. The zero-order chi connectivity index (χ0) is 34.8. The molecule has 0 aliphatic rings. The maximum absolute atomic E-state index is 13.2. The highest BCUT2D eigenvalue weighted by Gasteiger charge is 2.18. The molecule has 0 amide bonds. The van der Waals surface area contributed by atoms with Crippen molar-refractivity contribution in [3.63, 3.8) is 0 Å². The number of ether oxygens (including phenoxy) is 2. The van der Waals surface area contributed by atoms with Gasteiger partial charge in [-0.25, -0.2) is 19.7 Å². The highest BCUT2D eigenvalue weighted by atomic mass is 16.5. The van der Waals surface area contributed by atoms with Gasteiger partial charge in [0.05, 0.1) is 30.4 Å². The normalized spacial score (nSPS) is 11.7.